The molecule has 0 aliphatic heterocycles. The van der Waals surface area contributed by atoms with Gasteiger partial charge in [-0.15, -0.1) is 0 Å². The zero-order chi connectivity index (χ0) is 11.9. The number of aryl methyl sites for hydroxylation is 2. The van der Waals surface area contributed by atoms with Crippen LogP contribution in [0, 0.1) is 13.8 Å². The smallest absolute Gasteiger partial charge is 0.408 e. The van der Waals surface area contributed by atoms with Crippen molar-refractivity contribution in [3.8, 4) is 5.75 Å². The fraction of sp³-hybridized carbons (Fsp3) is 0.300. The van der Waals surface area contributed by atoms with Crippen LogP contribution in [-0.2, 0) is 0 Å². The number of aromatic nitrogens is 2. The third kappa shape index (κ3) is 2.30. The fourth-order valence-corrected chi connectivity index (χ4v) is 1.66. The van der Waals surface area contributed by atoms with Gasteiger partial charge in [-0.05, 0) is 34.7 Å². The minimum absolute atomic E-state index is 0.138. The van der Waals surface area contributed by atoms with Crippen molar-refractivity contribution >= 4 is 20.3 Å². The molecule has 0 spiro atoms. The van der Waals surface area contributed by atoms with Crippen molar-refractivity contribution in [1.29, 1.82) is 0 Å². The molecule has 0 amide bonds. The molecule has 3 nitrogen and oxygen atoms in total. The van der Waals surface area contributed by atoms with Gasteiger partial charge < -0.3 is 9.72 Å². The lowest BCUT2D eigenvalue weighted by atomic mass is 10.2. The standard InChI is InChI=1S/C10H11F2N2OP/c1-5-3-7-8(14-6(2)13-7)4-9(5)15-10(11,12)16/h3-4H,16H2,1-2H3,(H,13,14). The largest absolute Gasteiger partial charge is 0.430 e. The summed E-state index contributed by atoms with van der Waals surface area (Å²) in [5.41, 5.74) is 2.07. The van der Waals surface area contributed by atoms with Gasteiger partial charge >= 0.3 is 5.85 Å². The van der Waals surface area contributed by atoms with Crippen molar-refractivity contribution in [2.75, 3.05) is 0 Å². The average Bonchev–Trinajstić information content (AvgIpc) is 2.42. The summed E-state index contributed by atoms with van der Waals surface area (Å²) in [7, 11) is 1.35. The Bertz CT molecular complexity index is 533. The second kappa shape index (κ2) is 3.67. The molecule has 0 aliphatic rings. The van der Waals surface area contributed by atoms with E-state index in [1.165, 1.54) is 15.3 Å². The molecule has 0 saturated heterocycles. The molecule has 0 fully saturated rings. The number of nitrogens with one attached hydrogen (secondary N) is 1. The van der Waals surface area contributed by atoms with Crippen LogP contribution in [0.4, 0.5) is 8.78 Å². The monoisotopic (exact) mass is 244 g/mol. The maximum absolute atomic E-state index is 12.7. The number of halogens is 2. The van der Waals surface area contributed by atoms with Gasteiger partial charge in [-0.1, -0.05) is 0 Å². The van der Waals surface area contributed by atoms with Gasteiger partial charge in [0.1, 0.15) is 11.6 Å². The minimum Gasteiger partial charge on any atom is -0.430 e. The Kier molecular flexibility index (Phi) is 2.58. The molecular weight excluding hydrogens is 233 g/mol. The van der Waals surface area contributed by atoms with Crippen LogP contribution in [0.25, 0.3) is 11.0 Å². The molecule has 6 heteroatoms. The van der Waals surface area contributed by atoms with E-state index >= 15 is 0 Å². The molecule has 1 aromatic heterocycles. The number of alkyl halides is 2. The van der Waals surface area contributed by atoms with E-state index in [9.17, 15) is 8.78 Å². The molecule has 1 unspecified atom stereocenters. The van der Waals surface area contributed by atoms with Gasteiger partial charge in [0.05, 0.1) is 11.0 Å². The summed E-state index contributed by atoms with van der Waals surface area (Å²) in [4.78, 5) is 7.19. The van der Waals surface area contributed by atoms with Gasteiger partial charge in [0.15, 0.2) is 0 Å². The molecule has 2 aromatic rings. The number of imidazole rings is 1. The second-order valence-corrected chi connectivity index (χ2v) is 4.29. The second-order valence-electron chi connectivity index (χ2n) is 3.62. The number of aromatic amines is 1. The Morgan fingerprint density at radius 1 is 1.38 bits per heavy atom. The maximum atomic E-state index is 12.7. The molecule has 0 aliphatic carbocycles. The number of benzene rings is 1. The first-order valence-electron chi connectivity index (χ1n) is 4.68. The van der Waals surface area contributed by atoms with Crippen LogP contribution in [0.3, 0.4) is 0 Å². The lowest BCUT2D eigenvalue weighted by Crippen LogP contribution is -2.15. The Morgan fingerprint density at radius 3 is 2.69 bits per heavy atom. The number of ether oxygens (including phenoxy) is 1. The third-order valence-corrected chi connectivity index (χ3v) is 2.26. The Labute approximate surface area is 93.4 Å². The predicted octanol–water partition coefficient (Wildman–Crippen LogP) is 2.98. The van der Waals surface area contributed by atoms with E-state index in [2.05, 4.69) is 14.7 Å². The van der Waals surface area contributed by atoms with Crippen LogP contribution in [0.15, 0.2) is 12.1 Å². The molecule has 1 atom stereocenters. The van der Waals surface area contributed by atoms with Crippen LogP contribution in [0.2, 0.25) is 0 Å². The first kappa shape index (κ1) is 11.3. The topological polar surface area (TPSA) is 37.9 Å². The SMILES string of the molecule is Cc1nc2cc(OC(F)(F)P)c(C)cc2[nH]1. The normalized spacial score (nSPS) is 12.1. The lowest BCUT2D eigenvalue weighted by Gasteiger charge is -2.14. The summed E-state index contributed by atoms with van der Waals surface area (Å²) in [5.74, 6) is -2.38. The molecule has 2 rings (SSSR count). The predicted molar refractivity (Wildman–Crippen MR) is 60.9 cm³/mol. The van der Waals surface area contributed by atoms with Crippen LogP contribution in [-0.4, -0.2) is 15.8 Å². The van der Waals surface area contributed by atoms with Crippen molar-refractivity contribution in [2.24, 2.45) is 0 Å². The van der Waals surface area contributed by atoms with E-state index in [4.69, 9.17) is 0 Å². The summed E-state index contributed by atoms with van der Waals surface area (Å²) in [5, 5.41) is 0. The Hall–Kier alpha value is -1.22. The van der Waals surface area contributed by atoms with Gasteiger partial charge in [-0.3, -0.25) is 0 Å². The molecule has 0 saturated carbocycles. The molecule has 16 heavy (non-hydrogen) atoms. The van der Waals surface area contributed by atoms with Crippen LogP contribution in [0.1, 0.15) is 11.4 Å². The highest BCUT2D eigenvalue weighted by Crippen LogP contribution is 2.31. The van der Waals surface area contributed by atoms with Crippen molar-refractivity contribution in [3.63, 3.8) is 0 Å². The number of rotatable bonds is 2. The zero-order valence-corrected chi connectivity index (χ0v) is 10.00. The van der Waals surface area contributed by atoms with Gasteiger partial charge in [-0.25, -0.2) is 4.98 Å². The van der Waals surface area contributed by atoms with Gasteiger partial charge in [-0.2, -0.15) is 8.78 Å². The summed E-state index contributed by atoms with van der Waals surface area (Å²) in [6.07, 6.45) is 0. The van der Waals surface area contributed by atoms with Gasteiger partial charge in [0, 0.05) is 6.07 Å². The molecule has 1 aromatic carbocycles. The van der Waals surface area contributed by atoms with Gasteiger partial charge in [0.25, 0.3) is 0 Å². The highest BCUT2D eigenvalue weighted by atomic mass is 31.0. The highest BCUT2D eigenvalue weighted by molar-refractivity contribution is 7.17. The number of nitrogens with zero attached hydrogens (tertiary/aromatic N) is 1. The van der Waals surface area contributed by atoms with Crippen molar-refractivity contribution < 1.29 is 13.5 Å². The first-order valence-corrected chi connectivity index (χ1v) is 5.25. The zero-order valence-electron chi connectivity index (χ0n) is 8.84. The van der Waals surface area contributed by atoms with E-state index in [-0.39, 0.29) is 5.75 Å². The van der Waals surface area contributed by atoms with Crippen molar-refractivity contribution in [3.05, 3.63) is 23.5 Å². The van der Waals surface area contributed by atoms with Crippen LogP contribution >= 0.6 is 9.24 Å². The quantitative estimate of drug-likeness (QED) is 0.824. The van der Waals surface area contributed by atoms with E-state index in [1.807, 2.05) is 0 Å². The van der Waals surface area contributed by atoms with Crippen LogP contribution in [0.5, 0.6) is 5.75 Å². The van der Waals surface area contributed by atoms with Crippen molar-refractivity contribution in [1.82, 2.24) is 9.97 Å². The first-order chi connectivity index (χ1) is 7.35. The fourth-order valence-electron chi connectivity index (χ4n) is 1.53. The summed E-state index contributed by atoms with van der Waals surface area (Å²) < 4.78 is 29.9. The van der Waals surface area contributed by atoms with E-state index in [0.717, 1.165) is 11.3 Å². The number of hydrogen-bond acceptors (Lipinski definition) is 2. The molecule has 0 bridgehead atoms. The summed E-state index contributed by atoms with van der Waals surface area (Å²) in [6.45, 7) is 3.52. The number of fused-ring (bicyclic) bond motifs is 1. The van der Waals surface area contributed by atoms with E-state index in [1.54, 1.807) is 19.9 Å². The lowest BCUT2D eigenvalue weighted by molar-refractivity contribution is -0.0895. The van der Waals surface area contributed by atoms with Crippen LogP contribution < -0.4 is 4.74 Å². The highest BCUT2D eigenvalue weighted by Gasteiger charge is 2.24. The van der Waals surface area contributed by atoms with Crippen molar-refractivity contribution in [2.45, 2.75) is 19.7 Å². The molecule has 1 N–H and O–H groups in total. The van der Waals surface area contributed by atoms with Gasteiger partial charge in [0.2, 0.25) is 0 Å². The minimum atomic E-state index is -3.26. The number of H-pyrrole nitrogens is 1. The van der Waals surface area contributed by atoms with E-state index in [0.29, 0.717) is 11.1 Å². The molecular formula is C10H11F2N2OP. The Balaban J connectivity index is 2.49. The maximum Gasteiger partial charge on any atom is 0.408 e. The molecule has 1 heterocycles. The third-order valence-electron chi connectivity index (χ3n) is 2.14. The molecule has 86 valence electrons. The Morgan fingerprint density at radius 2 is 2.06 bits per heavy atom. The average molecular weight is 244 g/mol. The van der Waals surface area contributed by atoms with E-state index < -0.39 is 5.85 Å². The number of hydrogen-bond donors (Lipinski definition) is 1. The molecule has 0 radical (unpaired) electrons. The summed E-state index contributed by atoms with van der Waals surface area (Å²) in [6, 6.07) is 3.24. The summed E-state index contributed by atoms with van der Waals surface area (Å²) >= 11 is 0.